The molecule has 4 N–H and O–H groups in total. The van der Waals surface area contributed by atoms with Gasteiger partial charge in [-0.15, -0.1) is 0 Å². The number of nitrogen functional groups attached to an aromatic ring is 1. The molecule has 1 aromatic rings. The number of carbonyl (C=O) groups is 2. The summed E-state index contributed by atoms with van der Waals surface area (Å²) in [5.41, 5.74) is 11.6. The third-order valence-corrected chi connectivity index (χ3v) is 2.35. The lowest BCUT2D eigenvalue weighted by Crippen LogP contribution is -2.41. The summed E-state index contributed by atoms with van der Waals surface area (Å²) >= 11 is 0. The topological polar surface area (TPSA) is 98.6 Å². The summed E-state index contributed by atoms with van der Waals surface area (Å²) in [7, 11) is 0. The fourth-order valence-electron chi connectivity index (χ4n) is 1.54. The van der Waals surface area contributed by atoms with Crippen molar-refractivity contribution in [1.29, 1.82) is 0 Å². The van der Waals surface area contributed by atoms with Crippen molar-refractivity contribution in [2.45, 2.75) is 32.9 Å². The average Bonchev–Trinajstić information content (AvgIpc) is 2.28. The third-order valence-electron chi connectivity index (χ3n) is 2.35. The maximum absolute atomic E-state index is 12.0. The van der Waals surface area contributed by atoms with Crippen LogP contribution in [0.15, 0.2) is 24.3 Å². The number of hydrogen-bond donors (Lipinski definition) is 2. The Morgan fingerprint density at radius 1 is 1.20 bits per heavy atom. The van der Waals surface area contributed by atoms with Crippen LogP contribution in [0.5, 0.6) is 0 Å². The zero-order valence-electron chi connectivity index (χ0n) is 12.1. The molecule has 0 heterocycles. The molecular weight excluding hydrogens is 258 g/mol. The largest absolute Gasteiger partial charge is 0.444 e. The highest BCUT2D eigenvalue weighted by Gasteiger charge is 2.23. The van der Waals surface area contributed by atoms with Crippen molar-refractivity contribution in [1.82, 2.24) is 4.90 Å². The molecule has 6 heteroatoms. The smallest absolute Gasteiger partial charge is 0.411 e. The standard InChI is InChI=1S/C14H21N3O3/c1-14(2,3)20-13(19)17(9-12(16)18)8-10-4-6-11(15)7-5-10/h4-7H,8-9,15H2,1-3H3,(H2,16,18). The first kappa shape index (κ1) is 15.8. The Labute approximate surface area is 118 Å². The quantitative estimate of drug-likeness (QED) is 0.816. The Morgan fingerprint density at radius 3 is 2.20 bits per heavy atom. The van der Waals surface area contributed by atoms with Gasteiger partial charge in [-0.25, -0.2) is 4.79 Å². The maximum Gasteiger partial charge on any atom is 0.411 e. The Morgan fingerprint density at radius 2 is 1.75 bits per heavy atom. The maximum atomic E-state index is 12.0. The van der Waals surface area contributed by atoms with Gasteiger partial charge in [0, 0.05) is 12.2 Å². The first-order chi connectivity index (χ1) is 9.17. The minimum atomic E-state index is -0.631. The van der Waals surface area contributed by atoms with Gasteiger partial charge < -0.3 is 16.2 Å². The summed E-state index contributed by atoms with van der Waals surface area (Å²) in [6.45, 7) is 5.32. The van der Waals surface area contributed by atoms with Crippen molar-refractivity contribution in [2.75, 3.05) is 12.3 Å². The average molecular weight is 279 g/mol. The van der Waals surface area contributed by atoms with Crippen LogP contribution in [0.4, 0.5) is 10.5 Å². The van der Waals surface area contributed by atoms with Gasteiger partial charge in [0.05, 0.1) is 0 Å². The number of hydrogen-bond acceptors (Lipinski definition) is 4. The van der Waals surface area contributed by atoms with Gasteiger partial charge in [-0.05, 0) is 38.5 Å². The van der Waals surface area contributed by atoms with Crippen LogP contribution in [0.2, 0.25) is 0 Å². The monoisotopic (exact) mass is 279 g/mol. The van der Waals surface area contributed by atoms with E-state index in [0.29, 0.717) is 5.69 Å². The van der Waals surface area contributed by atoms with Crippen LogP contribution < -0.4 is 11.5 Å². The molecule has 2 amide bonds. The summed E-state index contributed by atoms with van der Waals surface area (Å²) in [5, 5.41) is 0. The third kappa shape index (κ3) is 5.60. The molecule has 0 unspecified atom stereocenters. The van der Waals surface area contributed by atoms with Gasteiger partial charge in [0.15, 0.2) is 0 Å². The Balaban J connectivity index is 2.81. The molecule has 0 saturated heterocycles. The van der Waals surface area contributed by atoms with E-state index in [1.165, 1.54) is 4.90 Å². The number of nitrogens with two attached hydrogens (primary N) is 2. The number of carbonyl (C=O) groups excluding carboxylic acids is 2. The van der Waals surface area contributed by atoms with Crippen molar-refractivity contribution in [3.8, 4) is 0 Å². The number of primary amides is 1. The normalized spacial score (nSPS) is 10.9. The van der Waals surface area contributed by atoms with Crippen LogP contribution in [0.25, 0.3) is 0 Å². The van der Waals surface area contributed by atoms with E-state index < -0.39 is 17.6 Å². The molecule has 0 atom stereocenters. The number of ether oxygens (including phenoxy) is 1. The second-order valence-corrected chi connectivity index (χ2v) is 5.54. The summed E-state index contributed by atoms with van der Waals surface area (Å²) in [6.07, 6.45) is -0.576. The predicted molar refractivity (Wildman–Crippen MR) is 76.7 cm³/mol. The molecule has 20 heavy (non-hydrogen) atoms. The highest BCUT2D eigenvalue weighted by molar-refractivity contribution is 5.80. The van der Waals surface area contributed by atoms with E-state index in [4.69, 9.17) is 16.2 Å². The highest BCUT2D eigenvalue weighted by atomic mass is 16.6. The summed E-state index contributed by atoms with van der Waals surface area (Å²) in [4.78, 5) is 24.4. The van der Waals surface area contributed by atoms with Crippen molar-refractivity contribution in [2.24, 2.45) is 5.73 Å². The van der Waals surface area contributed by atoms with Gasteiger partial charge >= 0.3 is 6.09 Å². The van der Waals surface area contributed by atoms with Crippen molar-refractivity contribution in [3.05, 3.63) is 29.8 Å². The molecule has 0 saturated carbocycles. The Hall–Kier alpha value is -2.24. The zero-order chi connectivity index (χ0) is 15.3. The molecule has 0 fully saturated rings. The fourth-order valence-corrected chi connectivity index (χ4v) is 1.54. The number of anilines is 1. The number of rotatable bonds is 4. The van der Waals surface area contributed by atoms with E-state index in [2.05, 4.69) is 0 Å². The highest BCUT2D eigenvalue weighted by Crippen LogP contribution is 2.13. The lowest BCUT2D eigenvalue weighted by molar-refractivity contribution is -0.119. The van der Waals surface area contributed by atoms with E-state index in [1.807, 2.05) is 0 Å². The van der Waals surface area contributed by atoms with E-state index in [-0.39, 0.29) is 13.1 Å². The molecule has 0 aromatic heterocycles. The lowest BCUT2D eigenvalue weighted by Gasteiger charge is -2.26. The molecule has 1 rings (SSSR count). The van der Waals surface area contributed by atoms with E-state index in [0.717, 1.165) is 5.56 Å². The molecule has 0 radical (unpaired) electrons. The van der Waals surface area contributed by atoms with Gasteiger partial charge in [0.1, 0.15) is 12.1 Å². The molecule has 0 spiro atoms. The summed E-state index contributed by atoms with van der Waals surface area (Å²) in [5.74, 6) is -0.591. The van der Waals surface area contributed by atoms with E-state index >= 15 is 0 Å². The Kier molecular flexibility index (Phi) is 4.96. The number of amides is 2. The van der Waals surface area contributed by atoms with Crippen LogP contribution in [-0.2, 0) is 16.1 Å². The van der Waals surface area contributed by atoms with Crippen molar-refractivity contribution >= 4 is 17.7 Å². The molecule has 110 valence electrons. The molecule has 0 aliphatic heterocycles. The molecule has 0 aliphatic rings. The number of benzene rings is 1. The first-order valence-electron chi connectivity index (χ1n) is 6.28. The molecule has 0 aliphatic carbocycles. The van der Waals surface area contributed by atoms with Crippen LogP contribution >= 0.6 is 0 Å². The molecule has 0 bridgehead atoms. The molecule has 1 aromatic carbocycles. The van der Waals surface area contributed by atoms with Gasteiger partial charge in [0.25, 0.3) is 0 Å². The van der Waals surface area contributed by atoms with E-state index in [9.17, 15) is 9.59 Å². The van der Waals surface area contributed by atoms with Crippen LogP contribution in [0.1, 0.15) is 26.3 Å². The van der Waals surface area contributed by atoms with Crippen LogP contribution in [0.3, 0.4) is 0 Å². The predicted octanol–water partition coefficient (Wildman–Crippen LogP) is 1.49. The Bertz CT molecular complexity index is 477. The second-order valence-electron chi connectivity index (χ2n) is 5.54. The van der Waals surface area contributed by atoms with Gasteiger partial charge in [0.2, 0.25) is 5.91 Å². The second kappa shape index (κ2) is 6.27. The lowest BCUT2D eigenvalue weighted by atomic mass is 10.2. The summed E-state index contributed by atoms with van der Waals surface area (Å²) < 4.78 is 5.25. The van der Waals surface area contributed by atoms with Crippen LogP contribution in [-0.4, -0.2) is 29.0 Å². The van der Waals surface area contributed by atoms with Gasteiger partial charge in [-0.1, -0.05) is 12.1 Å². The van der Waals surface area contributed by atoms with Crippen molar-refractivity contribution < 1.29 is 14.3 Å². The molecular formula is C14H21N3O3. The summed E-state index contributed by atoms with van der Waals surface area (Å²) in [6, 6.07) is 7.03. The minimum absolute atomic E-state index is 0.195. The fraction of sp³-hybridized carbons (Fsp3) is 0.429. The SMILES string of the molecule is CC(C)(C)OC(=O)N(CC(N)=O)Cc1ccc(N)cc1. The van der Waals surface area contributed by atoms with Gasteiger partial charge in [-0.3, -0.25) is 9.69 Å². The molecule has 6 nitrogen and oxygen atoms in total. The van der Waals surface area contributed by atoms with Crippen molar-refractivity contribution in [3.63, 3.8) is 0 Å². The zero-order valence-corrected chi connectivity index (χ0v) is 12.1. The number of nitrogens with zero attached hydrogens (tertiary/aromatic N) is 1. The first-order valence-corrected chi connectivity index (χ1v) is 6.28. The van der Waals surface area contributed by atoms with Gasteiger partial charge in [-0.2, -0.15) is 0 Å². The van der Waals surface area contributed by atoms with E-state index in [1.54, 1.807) is 45.0 Å². The van der Waals surface area contributed by atoms with Crippen LogP contribution in [0, 0.1) is 0 Å². The minimum Gasteiger partial charge on any atom is -0.444 e.